The highest BCUT2D eigenvalue weighted by molar-refractivity contribution is 5.75. The minimum Gasteiger partial charge on any atom is -0.481 e. The standard InChI is InChI=1S/C11H17N3O4/c1-3-8(4-10(15)16)14-11(17)13-6-9-12-5-7(2)18-9/h5,8H,3-4,6H2,1-2H3,(H,15,16)(H2,13,14,17). The lowest BCUT2D eigenvalue weighted by molar-refractivity contribution is -0.137. The number of carbonyl (C=O) groups is 2. The molecule has 0 radical (unpaired) electrons. The topological polar surface area (TPSA) is 104 Å². The zero-order chi connectivity index (χ0) is 13.5. The summed E-state index contributed by atoms with van der Waals surface area (Å²) in [6, 6.07) is -0.812. The molecule has 7 nitrogen and oxygen atoms in total. The average Bonchev–Trinajstić information content (AvgIpc) is 2.71. The van der Waals surface area contributed by atoms with Gasteiger partial charge >= 0.3 is 12.0 Å². The molecule has 1 unspecified atom stereocenters. The van der Waals surface area contributed by atoms with Crippen LogP contribution in [0.2, 0.25) is 0 Å². The molecule has 0 aromatic carbocycles. The van der Waals surface area contributed by atoms with Crippen LogP contribution < -0.4 is 10.6 Å². The Balaban J connectivity index is 2.34. The lowest BCUT2D eigenvalue weighted by atomic mass is 10.1. The summed E-state index contributed by atoms with van der Waals surface area (Å²) < 4.78 is 5.18. The molecular formula is C11H17N3O4. The number of hydrogen-bond donors (Lipinski definition) is 3. The molecule has 3 N–H and O–H groups in total. The Kier molecular flexibility index (Phi) is 5.16. The van der Waals surface area contributed by atoms with Gasteiger partial charge in [0, 0.05) is 6.04 Å². The van der Waals surface area contributed by atoms with E-state index in [2.05, 4.69) is 15.6 Å². The van der Waals surface area contributed by atoms with Crippen molar-refractivity contribution in [3.05, 3.63) is 17.8 Å². The van der Waals surface area contributed by atoms with Gasteiger partial charge in [0.1, 0.15) is 5.76 Å². The lowest BCUT2D eigenvalue weighted by Crippen LogP contribution is -2.42. The average molecular weight is 255 g/mol. The van der Waals surface area contributed by atoms with Crippen molar-refractivity contribution in [3.63, 3.8) is 0 Å². The van der Waals surface area contributed by atoms with E-state index >= 15 is 0 Å². The summed E-state index contributed by atoms with van der Waals surface area (Å²) >= 11 is 0. The second-order valence-corrected chi connectivity index (χ2v) is 3.89. The van der Waals surface area contributed by atoms with E-state index in [-0.39, 0.29) is 19.0 Å². The van der Waals surface area contributed by atoms with Gasteiger partial charge in [0.2, 0.25) is 5.89 Å². The van der Waals surface area contributed by atoms with Crippen molar-refractivity contribution in [3.8, 4) is 0 Å². The Morgan fingerprint density at radius 2 is 2.28 bits per heavy atom. The number of carboxylic acid groups (broad SMARTS) is 1. The molecule has 0 aliphatic heterocycles. The third-order valence-electron chi connectivity index (χ3n) is 2.32. The zero-order valence-electron chi connectivity index (χ0n) is 10.4. The molecule has 0 spiro atoms. The summed E-state index contributed by atoms with van der Waals surface area (Å²) in [6.07, 6.45) is 2.02. The summed E-state index contributed by atoms with van der Waals surface area (Å²) in [7, 11) is 0. The number of carboxylic acids is 1. The fraction of sp³-hybridized carbons (Fsp3) is 0.545. The predicted octanol–water partition coefficient (Wildman–Crippen LogP) is 1.04. The first-order valence-corrected chi connectivity index (χ1v) is 5.68. The molecule has 1 aromatic heterocycles. The van der Waals surface area contributed by atoms with Gasteiger partial charge in [0.25, 0.3) is 0 Å². The van der Waals surface area contributed by atoms with E-state index in [1.807, 2.05) is 6.92 Å². The molecular weight excluding hydrogens is 238 g/mol. The van der Waals surface area contributed by atoms with Crippen LogP contribution in [-0.2, 0) is 11.3 Å². The minimum absolute atomic E-state index is 0.0952. The number of rotatable bonds is 6. The smallest absolute Gasteiger partial charge is 0.315 e. The molecule has 0 saturated carbocycles. The van der Waals surface area contributed by atoms with Gasteiger partial charge in [-0.05, 0) is 13.3 Å². The third-order valence-corrected chi connectivity index (χ3v) is 2.32. The van der Waals surface area contributed by atoms with E-state index in [4.69, 9.17) is 9.52 Å². The van der Waals surface area contributed by atoms with Crippen molar-refractivity contribution in [2.24, 2.45) is 0 Å². The van der Waals surface area contributed by atoms with Crippen LogP contribution in [0.25, 0.3) is 0 Å². The fourth-order valence-corrected chi connectivity index (χ4v) is 1.38. The molecule has 1 atom stereocenters. The molecule has 0 saturated heterocycles. The van der Waals surface area contributed by atoms with Crippen LogP contribution in [0.1, 0.15) is 31.4 Å². The van der Waals surface area contributed by atoms with Crippen molar-refractivity contribution in [2.75, 3.05) is 0 Å². The van der Waals surface area contributed by atoms with Crippen molar-refractivity contribution < 1.29 is 19.1 Å². The van der Waals surface area contributed by atoms with Crippen LogP contribution in [-0.4, -0.2) is 28.1 Å². The number of amides is 2. The number of carbonyl (C=O) groups excluding carboxylic acids is 1. The first kappa shape index (κ1) is 14.0. The molecule has 1 heterocycles. The second kappa shape index (κ2) is 6.63. The highest BCUT2D eigenvalue weighted by Crippen LogP contribution is 2.01. The normalized spacial score (nSPS) is 11.9. The molecule has 0 fully saturated rings. The molecule has 0 aliphatic carbocycles. The van der Waals surface area contributed by atoms with Gasteiger partial charge in [0.15, 0.2) is 0 Å². The number of aryl methyl sites for hydroxylation is 1. The largest absolute Gasteiger partial charge is 0.481 e. The van der Waals surface area contributed by atoms with Gasteiger partial charge in [0.05, 0.1) is 19.2 Å². The zero-order valence-corrected chi connectivity index (χ0v) is 10.4. The van der Waals surface area contributed by atoms with E-state index in [0.29, 0.717) is 18.1 Å². The Bertz CT molecular complexity index is 416. The quantitative estimate of drug-likeness (QED) is 0.704. The summed E-state index contributed by atoms with van der Waals surface area (Å²) in [5.41, 5.74) is 0. The molecule has 0 bridgehead atoms. The van der Waals surface area contributed by atoms with Crippen molar-refractivity contribution in [1.82, 2.24) is 15.6 Å². The summed E-state index contributed by atoms with van der Waals surface area (Å²) in [4.78, 5) is 26.0. The molecule has 0 aliphatic rings. The lowest BCUT2D eigenvalue weighted by Gasteiger charge is -2.14. The van der Waals surface area contributed by atoms with Gasteiger partial charge in [-0.2, -0.15) is 0 Å². The summed E-state index contributed by atoms with van der Waals surface area (Å²) in [6.45, 7) is 3.74. The van der Waals surface area contributed by atoms with Gasteiger partial charge in [-0.15, -0.1) is 0 Å². The SMILES string of the molecule is CCC(CC(=O)O)NC(=O)NCc1ncc(C)o1. The molecule has 1 rings (SSSR count). The highest BCUT2D eigenvalue weighted by Gasteiger charge is 2.14. The van der Waals surface area contributed by atoms with E-state index < -0.39 is 12.0 Å². The maximum absolute atomic E-state index is 11.5. The molecule has 18 heavy (non-hydrogen) atoms. The first-order valence-electron chi connectivity index (χ1n) is 5.68. The Hall–Kier alpha value is -2.05. The first-order chi connectivity index (χ1) is 8.51. The predicted molar refractivity (Wildman–Crippen MR) is 62.9 cm³/mol. The molecule has 1 aromatic rings. The van der Waals surface area contributed by atoms with E-state index in [1.54, 1.807) is 13.1 Å². The maximum Gasteiger partial charge on any atom is 0.315 e. The third kappa shape index (κ3) is 4.86. The Morgan fingerprint density at radius 1 is 1.56 bits per heavy atom. The molecule has 100 valence electrons. The summed E-state index contributed by atoms with van der Waals surface area (Å²) in [5, 5.41) is 13.8. The van der Waals surface area contributed by atoms with Crippen LogP contribution in [0.4, 0.5) is 4.79 Å². The Labute approximate surface area is 105 Å². The van der Waals surface area contributed by atoms with E-state index in [9.17, 15) is 9.59 Å². The number of aliphatic carboxylic acids is 1. The molecule has 2 amide bonds. The Morgan fingerprint density at radius 3 is 2.78 bits per heavy atom. The van der Waals surface area contributed by atoms with Crippen LogP contribution >= 0.6 is 0 Å². The number of nitrogens with one attached hydrogen (secondary N) is 2. The second-order valence-electron chi connectivity index (χ2n) is 3.89. The van der Waals surface area contributed by atoms with Crippen molar-refractivity contribution >= 4 is 12.0 Å². The number of urea groups is 1. The van der Waals surface area contributed by atoms with Crippen LogP contribution in [0.5, 0.6) is 0 Å². The van der Waals surface area contributed by atoms with Crippen molar-refractivity contribution in [2.45, 2.75) is 39.3 Å². The number of nitrogens with zero attached hydrogens (tertiary/aromatic N) is 1. The van der Waals surface area contributed by atoms with Crippen molar-refractivity contribution in [1.29, 1.82) is 0 Å². The van der Waals surface area contributed by atoms with Gasteiger partial charge in [-0.1, -0.05) is 6.92 Å². The number of aromatic nitrogens is 1. The summed E-state index contributed by atoms with van der Waals surface area (Å²) in [5.74, 6) is 0.143. The van der Waals surface area contributed by atoms with E-state index in [0.717, 1.165) is 0 Å². The number of hydrogen-bond acceptors (Lipinski definition) is 4. The van der Waals surface area contributed by atoms with Crippen LogP contribution in [0.3, 0.4) is 0 Å². The van der Waals surface area contributed by atoms with Crippen LogP contribution in [0.15, 0.2) is 10.6 Å². The number of oxazole rings is 1. The maximum atomic E-state index is 11.5. The highest BCUT2D eigenvalue weighted by atomic mass is 16.4. The van der Waals surface area contributed by atoms with E-state index in [1.165, 1.54) is 0 Å². The van der Waals surface area contributed by atoms with Crippen LogP contribution in [0, 0.1) is 6.92 Å². The van der Waals surface area contributed by atoms with Gasteiger partial charge in [-0.3, -0.25) is 4.79 Å². The minimum atomic E-state index is -0.939. The van der Waals surface area contributed by atoms with Gasteiger partial charge in [-0.25, -0.2) is 9.78 Å². The monoisotopic (exact) mass is 255 g/mol. The molecule has 7 heteroatoms. The van der Waals surface area contributed by atoms with Gasteiger partial charge < -0.3 is 20.2 Å². The fourth-order valence-electron chi connectivity index (χ4n) is 1.38.